The third-order valence-corrected chi connectivity index (χ3v) is 3.16. The number of allylic oxidation sites excluding steroid dienone is 3. The number of carbonyl (C=O) groups is 3. The molecule has 0 heterocycles. The molecule has 1 aromatic carbocycles. The number of unbranched alkanes of at least 4 members (excludes halogenated alkanes) is 1. The third-order valence-electron chi connectivity index (χ3n) is 2.78. The van der Waals surface area contributed by atoms with Crippen LogP contribution in [0.15, 0.2) is 54.6 Å². The maximum atomic E-state index is 10.4. The molecule has 0 radical (unpaired) electrons. The maximum Gasteiger partial charge on any atom is 1.00 e. The molecule has 0 aliphatic heterocycles. The zero-order valence-corrected chi connectivity index (χ0v) is 32.1. The molecule has 0 saturated carbocycles. The van der Waals surface area contributed by atoms with Crippen molar-refractivity contribution in [3.8, 4) is 12.0 Å². The standard InChI is InChI=1S/C8H12INO2.C7H6O2.C6H8O2.C2H6O.2K.Na/c1-2-3-6-10(8(11)12)7-4-5-9;8-7(9)6-4-2-1-3-5-6;1-2-3-4-5-6(7)8;1-3-2;;;/h2-3,5-6H2,1H3,(H,11,12);1-5H,(H,8,9);2-5H,1H3,(H,7,8);1-2H3;;;/q;;;;3*+1/p-3. The van der Waals surface area contributed by atoms with Crippen molar-refractivity contribution >= 4 is 40.6 Å². The van der Waals surface area contributed by atoms with Crippen LogP contribution in [0, 0.1) is 12.0 Å². The second-order valence-electron chi connectivity index (χ2n) is 5.46. The van der Waals surface area contributed by atoms with Gasteiger partial charge in [0, 0.05) is 26.8 Å². The van der Waals surface area contributed by atoms with Crippen LogP contribution in [-0.2, 0) is 9.53 Å². The second kappa shape index (κ2) is 39.9. The summed E-state index contributed by atoms with van der Waals surface area (Å²) in [6, 6.07) is 10.6. The molecule has 1 rings (SSSR count). The fourth-order valence-electron chi connectivity index (χ4n) is 1.45. The Balaban J connectivity index is -0.0000000831. The summed E-state index contributed by atoms with van der Waals surface area (Å²) in [5, 5.41) is 30.2. The Bertz CT molecular complexity index is 755. The first-order chi connectivity index (χ1) is 15.2. The Morgan fingerprint density at radius 2 is 1.57 bits per heavy atom. The fourth-order valence-corrected chi connectivity index (χ4v) is 1.62. The first-order valence-electron chi connectivity index (χ1n) is 9.41. The first-order valence-corrected chi connectivity index (χ1v) is 10.9. The van der Waals surface area contributed by atoms with Crippen molar-refractivity contribution in [2.24, 2.45) is 0 Å². The van der Waals surface area contributed by atoms with E-state index in [9.17, 15) is 29.7 Å². The van der Waals surface area contributed by atoms with Gasteiger partial charge in [-0.15, -0.1) is 0 Å². The van der Waals surface area contributed by atoms with Crippen LogP contribution >= 0.6 is 22.6 Å². The molecule has 0 atom stereocenters. The molecule has 1 aromatic rings. The van der Waals surface area contributed by atoms with E-state index in [0.717, 1.165) is 23.8 Å². The molecular weight excluding hydrogens is 630 g/mol. The smallest absolute Gasteiger partial charge is 0.545 e. The van der Waals surface area contributed by atoms with E-state index in [2.05, 4.69) is 39.3 Å². The van der Waals surface area contributed by atoms with Crippen LogP contribution in [0.1, 0.15) is 37.0 Å². The number of aliphatic carboxylic acids is 1. The topological polar surface area (TPSA) is 133 Å². The monoisotopic (exact) mass is 659 g/mol. The van der Waals surface area contributed by atoms with Crippen molar-refractivity contribution in [1.29, 1.82) is 0 Å². The molecular formula is C23H29IK2NNaO7. The van der Waals surface area contributed by atoms with Gasteiger partial charge in [-0.2, -0.15) is 0 Å². The van der Waals surface area contributed by atoms with Gasteiger partial charge >= 0.3 is 132 Å². The number of hydrogen-bond acceptors (Lipinski definition) is 7. The van der Waals surface area contributed by atoms with Gasteiger partial charge in [-0.1, -0.05) is 90.4 Å². The van der Waals surface area contributed by atoms with Crippen LogP contribution in [0.4, 0.5) is 4.79 Å². The first kappa shape index (κ1) is 49.4. The van der Waals surface area contributed by atoms with Crippen molar-refractivity contribution in [2.75, 3.05) is 25.2 Å². The summed E-state index contributed by atoms with van der Waals surface area (Å²) in [6.45, 7) is 4.25. The van der Waals surface area contributed by atoms with Gasteiger partial charge in [0.2, 0.25) is 0 Å². The Kier molecular flexibility index (Phi) is 56.4. The summed E-state index contributed by atoms with van der Waals surface area (Å²) in [5.41, 5.74) is 0.220. The summed E-state index contributed by atoms with van der Waals surface area (Å²) in [5.74, 6) is 0.387. The van der Waals surface area contributed by atoms with E-state index in [1.807, 2.05) is 6.92 Å². The number of nitrogens with zero attached hydrogens (tertiary/aromatic N) is 1. The average Bonchev–Trinajstić information content (AvgIpc) is 2.75. The molecule has 0 N–H and O–H groups in total. The van der Waals surface area contributed by atoms with Gasteiger partial charge in [0.1, 0.15) is 6.09 Å². The van der Waals surface area contributed by atoms with Gasteiger partial charge in [-0.05, 0) is 25.0 Å². The van der Waals surface area contributed by atoms with Crippen LogP contribution < -0.4 is 148 Å². The van der Waals surface area contributed by atoms with E-state index in [-0.39, 0.29) is 138 Å². The van der Waals surface area contributed by atoms with E-state index in [0.29, 0.717) is 11.0 Å². The number of halogens is 1. The normalized spacial score (nSPS) is 8.26. The van der Waals surface area contributed by atoms with Crippen LogP contribution in [0.5, 0.6) is 0 Å². The minimum Gasteiger partial charge on any atom is -0.545 e. The zero-order chi connectivity index (χ0) is 25.2. The number of rotatable bonds is 6. The van der Waals surface area contributed by atoms with Gasteiger partial charge in [0.05, 0.1) is 16.4 Å². The predicted molar refractivity (Wildman–Crippen MR) is 126 cm³/mol. The molecule has 0 bridgehead atoms. The number of carbonyl (C=O) groups excluding carboxylic acids is 3. The van der Waals surface area contributed by atoms with Crippen molar-refractivity contribution < 1.29 is 167 Å². The third kappa shape index (κ3) is 42.8. The Labute approximate surface area is 330 Å². The van der Waals surface area contributed by atoms with Crippen molar-refractivity contribution in [1.82, 2.24) is 4.90 Å². The number of amides is 1. The number of benzene rings is 1. The largest absolute Gasteiger partial charge is 1.00 e. The molecule has 1 amide bonds. The van der Waals surface area contributed by atoms with Crippen LogP contribution in [0.25, 0.3) is 0 Å². The number of aromatic carboxylic acids is 1. The number of carboxylic acid groups (broad SMARTS) is 3. The average molecular weight is 660 g/mol. The number of hydrogen-bond donors (Lipinski definition) is 0. The Hall–Kier alpha value is 1.43. The molecule has 8 nitrogen and oxygen atoms in total. The number of alkyl halides is 1. The number of ether oxygens (including phenoxy) is 1. The molecule has 0 spiro atoms. The summed E-state index contributed by atoms with van der Waals surface area (Å²) >= 11 is 2.07. The van der Waals surface area contributed by atoms with Crippen LogP contribution in [-0.4, -0.2) is 48.1 Å². The summed E-state index contributed by atoms with van der Waals surface area (Å²) in [6.07, 6.45) is 6.31. The fraction of sp³-hybridized carbons (Fsp3) is 0.348. The number of methoxy groups -OCH3 is 1. The summed E-state index contributed by atoms with van der Waals surface area (Å²) in [4.78, 5) is 31.2. The molecule has 12 heteroatoms. The van der Waals surface area contributed by atoms with Gasteiger partial charge in [0.25, 0.3) is 0 Å². The number of carboxylic acids is 2. The van der Waals surface area contributed by atoms with Crippen LogP contribution in [0.2, 0.25) is 0 Å². The zero-order valence-electron chi connectivity index (χ0n) is 21.7. The maximum absolute atomic E-state index is 10.4. The van der Waals surface area contributed by atoms with E-state index >= 15 is 0 Å². The molecule has 0 aliphatic rings. The molecule has 0 aromatic heterocycles. The summed E-state index contributed by atoms with van der Waals surface area (Å²) in [7, 11) is 3.25. The van der Waals surface area contributed by atoms with Crippen LogP contribution in [0.3, 0.4) is 0 Å². The Morgan fingerprint density at radius 1 is 1.06 bits per heavy atom. The minimum atomic E-state index is -1.21. The summed E-state index contributed by atoms with van der Waals surface area (Å²) < 4.78 is 4.88. The van der Waals surface area contributed by atoms with Crippen molar-refractivity contribution in [2.45, 2.75) is 26.7 Å². The second-order valence-corrected chi connectivity index (χ2v) is 6.22. The van der Waals surface area contributed by atoms with E-state index in [1.165, 1.54) is 18.2 Å². The van der Waals surface area contributed by atoms with E-state index < -0.39 is 18.0 Å². The van der Waals surface area contributed by atoms with Gasteiger partial charge < -0.3 is 34.4 Å². The SMILES string of the molecule is CC=CC=CC(=O)[O-].CCCCN(C#CCI)C(=O)[O-].COC.O=C([O-])c1ccccc1.[K+].[K+].[Na+]. The van der Waals surface area contributed by atoms with Gasteiger partial charge in [-0.3, -0.25) is 4.90 Å². The molecule has 35 heavy (non-hydrogen) atoms. The van der Waals surface area contributed by atoms with E-state index in [4.69, 9.17) is 0 Å². The molecule has 0 saturated heterocycles. The van der Waals surface area contributed by atoms with E-state index in [1.54, 1.807) is 51.5 Å². The molecule has 0 aliphatic carbocycles. The quantitative estimate of drug-likeness (QED) is 0.0564. The minimum absolute atomic E-state index is 0. The van der Waals surface area contributed by atoms with Gasteiger partial charge in [0.15, 0.2) is 0 Å². The molecule has 178 valence electrons. The van der Waals surface area contributed by atoms with Crippen molar-refractivity contribution in [3.63, 3.8) is 0 Å². The molecule has 0 fully saturated rings. The predicted octanol–water partition coefficient (Wildman–Crippen LogP) is -7.98. The Morgan fingerprint density at radius 3 is 1.89 bits per heavy atom. The van der Waals surface area contributed by atoms with Gasteiger partial charge in [-0.25, -0.2) is 0 Å². The molecule has 0 unspecified atom stereocenters. The van der Waals surface area contributed by atoms with Crippen molar-refractivity contribution in [3.05, 3.63) is 60.2 Å².